The van der Waals surface area contributed by atoms with Gasteiger partial charge in [-0.25, -0.2) is 0 Å². The number of hydrogen-bond acceptors (Lipinski definition) is 4. The third kappa shape index (κ3) is 3.86. The van der Waals surface area contributed by atoms with Crippen LogP contribution in [0.5, 0.6) is 11.5 Å². The molecule has 0 fully saturated rings. The summed E-state index contributed by atoms with van der Waals surface area (Å²) in [5.74, 6) is 1.96. The fraction of sp³-hybridized carbons (Fsp3) is 0.538. The van der Waals surface area contributed by atoms with Gasteiger partial charge in [0.25, 0.3) is 0 Å². The first kappa shape index (κ1) is 15.3. The minimum Gasteiger partial charge on any atom is -0.496 e. The van der Waals surface area contributed by atoms with Gasteiger partial charge >= 0.3 is 0 Å². The highest BCUT2D eigenvalue weighted by Gasteiger charge is 2.11. The van der Waals surface area contributed by atoms with Crippen molar-refractivity contribution in [3.8, 4) is 11.5 Å². The summed E-state index contributed by atoms with van der Waals surface area (Å²) in [5.41, 5.74) is 12.4. The van der Waals surface area contributed by atoms with Crippen molar-refractivity contribution in [2.75, 3.05) is 27.3 Å². The van der Waals surface area contributed by atoms with Gasteiger partial charge in [0.05, 0.1) is 18.7 Å². The Hall–Kier alpha value is -0.780. The minimum absolute atomic E-state index is 0.357. The number of benzene rings is 1. The van der Waals surface area contributed by atoms with Crippen LogP contribution < -0.4 is 20.9 Å². The summed E-state index contributed by atoms with van der Waals surface area (Å²) in [6.45, 7) is 1.24. The molecular formula is C13H21BrN2O2. The Morgan fingerprint density at radius 1 is 1.11 bits per heavy atom. The SMILES string of the molecule is COc1cc(OC)c(CCC(CN)CN)cc1Br. The number of halogens is 1. The molecule has 0 aliphatic rings. The van der Waals surface area contributed by atoms with Crippen LogP contribution in [0.3, 0.4) is 0 Å². The zero-order valence-electron chi connectivity index (χ0n) is 10.9. The molecule has 0 saturated carbocycles. The lowest BCUT2D eigenvalue weighted by Crippen LogP contribution is -2.23. The quantitative estimate of drug-likeness (QED) is 0.806. The molecule has 0 bridgehead atoms. The molecule has 0 spiro atoms. The number of rotatable bonds is 7. The monoisotopic (exact) mass is 316 g/mol. The molecule has 4 N–H and O–H groups in total. The number of nitrogens with two attached hydrogens (primary N) is 2. The van der Waals surface area contributed by atoms with Crippen LogP contribution in [0.4, 0.5) is 0 Å². The first-order valence-electron chi connectivity index (χ1n) is 5.96. The van der Waals surface area contributed by atoms with Crippen molar-refractivity contribution >= 4 is 15.9 Å². The molecule has 18 heavy (non-hydrogen) atoms. The van der Waals surface area contributed by atoms with Crippen molar-refractivity contribution in [1.29, 1.82) is 0 Å². The molecule has 0 unspecified atom stereocenters. The standard InChI is InChI=1S/C13H21BrN2O2/c1-17-12-6-13(18-2)11(14)5-10(12)4-3-9(7-15)8-16/h5-6,9H,3-4,7-8,15-16H2,1-2H3. The van der Waals surface area contributed by atoms with Crippen LogP contribution in [0.2, 0.25) is 0 Å². The highest BCUT2D eigenvalue weighted by molar-refractivity contribution is 9.10. The Morgan fingerprint density at radius 2 is 1.72 bits per heavy atom. The fourth-order valence-corrected chi connectivity index (χ4v) is 2.36. The van der Waals surface area contributed by atoms with E-state index in [4.69, 9.17) is 20.9 Å². The zero-order chi connectivity index (χ0) is 13.5. The maximum Gasteiger partial charge on any atom is 0.136 e. The van der Waals surface area contributed by atoms with Gasteiger partial charge in [0.15, 0.2) is 0 Å². The molecule has 1 aromatic rings. The third-order valence-corrected chi connectivity index (χ3v) is 3.66. The molecule has 0 radical (unpaired) electrons. The summed E-state index contributed by atoms with van der Waals surface area (Å²) in [7, 11) is 3.30. The van der Waals surface area contributed by atoms with Gasteiger partial charge in [0, 0.05) is 6.07 Å². The van der Waals surface area contributed by atoms with Crippen molar-refractivity contribution in [2.24, 2.45) is 17.4 Å². The lowest BCUT2D eigenvalue weighted by Gasteiger charge is -2.15. The average Bonchev–Trinajstić information content (AvgIpc) is 2.40. The molecule has 102 valence electrons. The second-order valence-electron chi connectivity index (χ2n) is 4.17. The van der Waals surface area contributed by atoms with Crippen LogP contribution in [-0.2, 0) is 6.42 Å². The third-order valence-electron chi connectivity index (χ3n) is 3.04. The predicted molar refractivity (Wildman–Crippen MR) is 77.2 cm³/mol. The number of methoxy groups -OCH3 is 2. The van der Waals surface area contributed by atoms with Crippen LogP contribution >= 0.6 is 15.9 Å². The molecule has 5 heteroatoms. The number of ether oxygens (including phenoxy) is 2. The van der Waals surface area contributed by atoms with Gasteiger partial charge in [0.1, 0.15) is 11.5 Å². The van der Waals surface area contributed by atoms with E-state index in [9.17, 15) is 0 Å². The van der Waals surface area contributed by atoms with Crippen LogP contribution in [0.1, 0.15) is 12.0 Å². The molecule has 0 amide bonds. The topological polar surface area (TPSA) is 70.5 Å². The smallest absolute Gasteiger partial charge is 0.136 e. The van der Waals surface area contributed by atoms with Gasteiger partial charge in [0.2, 0.25) is 0 Å². The van der Waals surface area contributed by atoms with E-state index in [2.05, 4.69) is 15.9 Å². The van der Waals surface area contributed by atoms with Gasteiger partial charge in [-0.1, -0.05) is 0 Å². The van der Waals surface area contributed by atoms with E-state index >= 15 is 0 Å². The second-order valence-corrected chi connectivity index (χ2v) is 5.03. The molecular weight excluding hydrogens is 296 g/mol. The molecule has 0 atom stereocenters. The summed E-state index contributed by atoms with van der Waals surface area (Å²) in [6.07, 6.45) is 1.85. The molecule has 0 saturated heterocycles. The Labute approximate surface area is 117 Å². The first-order chi connectivity index (χ1) is 8.65. The Balaban J connectivity index is 2.84. The summed E-state index contributed by atoms with van der Waals surface area (Å²) in [4.78, 5) is 0. The summed E-state index contributed by atoms with van der Waals surface area (Å²) < 4.78 is 11.6. The van der Waals surface area contributed by atoms with E-state index in [0.29, 0.717) is 19.0 Å². The molecule has 1 rings (SSSR count). The highest BCUT2D eigenvalue weighted by atomic mass is 79.9. The van der Waals surface area contributed by atoms with Crippen LogP contribution in [-0.4, -0.2) is 27.3 Å². The maximum absolute atomic E-state index is 5.65. The van der Waals surface area contributed by atoms with Crippen LogP contribution in [0.25, 0.3) is 0 Å². The van der Waals surface area contributed by atoms with E-state index in [1.807, 2.05) is 12.1 Å². The van der Waals surface area contributed by atoms with E-state index in [1.54, 1.807) is 14.2 Å². The predicted octanol–water partition coefficient (Wildman–Crippen LogP) is 1.93. The molecule has 0 aliphatic heterocycles. The highest BCUT2D eigenvalue weighted by Crippen LogP contribution is 2.33. The van der Waals surface area contributed by atoms with Gasteiger partial charge < -0.3 is 20.9 Å². The molecule has 0 heterocycles. The zero-order valence-corrected chi connectivity index (χ0v) is 12.5. The summed E-state index contributed by atoms with van der Waals surface area (Å²) in [6, 6.07) is 3.92. The van der Waals surface area contributed by atoms with Crippen molar-refractivity contribution in [2.45, 2.75) is 12.8 Å². The molecule has 4 nitrogen and oxygen atoms in total. The van der Waals surface area contributed by atoms with Crippen molar-refractivity contribution in [1.82, 2.24) is 0 Å². The van der Waals surface area contributed by atoms with Gasteiger partial charge in [-0.2, -0.15) is 0 Å². The van der Waals surface area contributed by atoms with E-state index in [-0.39, 0.29) is 0 Å². The van der Waals surface area contributed by atoms with E-state index in [0.717, 1.165) is 34.4 Å². The maximum atomic E-state index is 5.65. The average molecular weight is 317 g/mol. The van der Waals surface area contributed by atoms with Gasteiger partial charge in [-0.05, 0) is 59.4 Å². The molecule has 1 aromatic carbocycles. The summed E-state index contributed by atoms with van der Waals surface area (Å²) >= 11 is 3.48. The normalized spacial score (nSPS) is 10.8. The van der Waals surface area contributed by atoms with Crippen molar-refractivity contribution in [3.05, 3.63) is 22.2 Å². The Bertz CT molecular complexity index is 381. The van der Waals surface area contributed by atoms with Crippen molar-refractivity contribution in [3.63, 3.8) is 0 Å². The van der Waals surface area contributed by atoms with E-state index in [1.165, 1.54) is 0 Å². The molecule has 0 aliphatic carbocycles. The largest absolute Gasteiger partial charge is 0.496 e. The lowest BCUT2D eigenvalue weighted by molar-refractivity contribution is 0.387. The lowest BCUT2D eigenvalue weighted by atomic mass is 9.99. The second kappa shape index (κ2) is 7.61. The summed E-state index contributed by atoms with van der Waals surface area (Å²) in [5, 5.41) is 0. The number of aryl methyl sites for hydroxylation is 1. The van der Waals surface area contributed by atoms with Gasteiger partial charge in [-0.3, -0.25) is 0 Å². The minimum atomic E-state index is 0.357. The van der Waals surface area contributed by atoms with Gasteiger partial charge in [-0.15, -0.1) is 0 Å². The van der Waals surface area contributed by atoms with Crippen LogP contribution in [0, 0.1) is 5.92 Å². The van der Waals surface area contributed by atoms with Crippen LogP contribution in [0.15, 0.2) is 16.6 Å². The Kier molecular flexibility index (Phi) is 6.46. The first-order valence-corrected chi connectivity index (χ1v) is 6.76. The Morgan fingerprint density at radius 3 is 2.22 bits per heavy atom. The number of hydrogen-bond donors (Lipinski definition) is 2. The molecule has 0 aromatic heterocycles. The van der Waals surface area contributed by atoms with E-state index < -0.39 is 0 Å². The van der Waals surface area contributed by atoms with Crippen molar-refractivity contribution < 1.29 is 9.47 Å². The fourth-order valence-electron chi connectivity index (χ4n) is 1.81.